The molecule has 0 bridgehead atoms. The second-order valence-electron chi connectivity index (χ2n) is 13.4. The van der Waals surface area contributed by atoms with E-state index in [4.69, 9.17) is 4.98 Å². The van der Waals surface area contributed by atoms with Crippen molar-refractivity contribution in [1.29, 1.82) is 5.26 Å². The van der Waals surface area contributed by atoms with Crippen molar-refractivity contribution in [1.82, 2.24) is 9.38 Å². The van der Waals surface area contributed by atoms with Crippen LogP contribution >= 0.6 is 11.8 Å². The summed E-state index contributed by atoms with van der Waals surface area (Å²) in [5.41, 5.74) is 13.3. The summed E-state index contributed by atoms with van der Waals surface area (Å²) in [5, 5.41) is 13.9. The molecule has 228 valence electrons. The summed E-state index contributed by atoms with van der Waals surface area (Å²) in [4.78, 5) is 6.43. The van der Waals surface area contributed by atoms with Crippen LogP contribution in [0.5, 0.6) is 0 Å². The summed E-state index contributed by atoms with van der Waals surface area (Å²) >= 11 is 1.96. The molecule has 3 nitrogen and oxygen atoms in total. The average molecular weight is 642 g/mol. The highest BCUT2D eigenvalue weighted by Gasteiger charge is 2.55. The number of pyridine rings is 1. The third kappa shape index (κ3) is 3.50. The summed E-state index contributed by atoms with van der Waals surface area (Å²) in [5.74, 6) is 0.199. The van der Waals surface area contributed by atoms with Crippen molar-refractivity contribution in [2.45, 2.75) is 15.6 Å². The summed E-state index contributed by atoms with van der Waals surface area (Å²) in [6, 6.07) is 48.7. The third-order valence-corrected chi connectivity index (χ3v) is 12.4. The quantitative estimate of drug-likeness (QED) is 0.168. The van der Waals surface area contributed by atoms with Gasteiger partial charge in [0.05, 0.1) is 33.6 Å². The molecule has 0 N–H and O–H groups in total. The van der Waals surface area contributed by atoms with Crippen molar-refractivity contribution in [3.63, 3.8) is 0 Å². The zero-order valence-corrected chi connectivity index (χ0v) is 27.2. The van der Waals surface area contributed by atoms with Crippen LogP contribution in [0.1, 0.15) is 22.3 Å². The van der Waals surface area contributed by atoms with E-state index < -0.39 is 5.41 Å². The molecule has 3 heterocycles. The van der Waals surface area contributed by atoms with Crippen molar-refractivity contribution < 1.29 is 0 Å². The van der Waals surface area contributed by atoms with E-state index >= 15 is 0 Å². The fourth-order valence-corrected chi connectivity index (χ4v) is 10.5. The zero-order chi connectivity index (χ0) is 32.3. The number of nitrogens with zero attached hydrogens (tertiary/aromatic N) is 3. The first-order chi connectivity index (χ1) is 24.2. The van der Waals surface area contributed by atoms with Crippen LogP contribution in [0.3, 0.4) is 0 Å². The second-order valence-corrected chi connectivity index (χ2v) is 14.6. The van der Waals surface area contributed by atoms with Crippen LogP contribution in [0.15, 0.2) is 157 Å². The maximum absolute atomic E-state index is 10.1. The number of imidazole rings is 1. The lowest BCUT2D eigenvalue weighted by Gasteiger charge is -2.47. The standard InChI is InChI=1S/C45H27N3S/c46-26-27-17-20-30-31-21-18-29(25-38(31)45(37(30)23-27)35-10-2-7-15-42(35)49-43-16-8-3-11-36(43)45)28-19-22-33-34(24-28)32-9-1-5-13-40(32)48-41-14-6-4-12-39(41)47-44(33)48/h1-25,35,42H. The third-order valence-electron chi connectivity index (χ3n) is 11.1. The number of nitriles is 1. The van der Waals surface area contributed by atoms with Gasteiger partial charge in [0.15, 0.2) is 0 Å². The van der Waals surface area contributed by atoms with E-state index in [0.717, 1.165) is 27.6 Å². The Labute approximate surface area is 287 Å². The predicted molar refractivity (Wildman–Crippen MR) is 201 cm³/mol. The van der Waals surface area contributed by atoms with E-state index in [-0.39, 0.29) is 11.2 Å². The molecule has 0 fully saturated rings. The van der Waals surface area contributed by atoms with Gasteiger partial charge in [-0.15, -0.1) is 11.8 Å². The maximum atomic E-state index is 10.1. The lowest BCUT2D eigenvalue weighted by atomic mass is 9.61. The minimum atomic E-state index is -0.424. The Hall–Kier alpha value is -5.89. The van der Waals surface area contributed by atoms with Gasteiger partial charge in [-0.2, -0.15) is 5.26 Å². The van der Waals surface area contributed by atoms with Crippen LogP contribution in [-0.4, -0.2) is 14.6 Å². The van der Waals surface area contributed by atoms with Crippen LogP contribution in [-0.2, 0) is 5.41 Å². The minimum Gasteiger partial charge on any atom is -0.292 e. The maximum Gasteiger partial charge on any atom is 0.146 e. The molecule has 3 aliphatic rings. The minimum absolute atomic E-state index is 0.199. The molecule has 4 heteroatoms. The Kier molecular flexibility index (Phi) is 5.43. The van der Waals surface area contributed by atoms with Crippen LogP contribution in [0.2, 0.25) is 0 Å². The van der Waals surface area contributed by atoms with Gasteiger partial charge in [0.2, 0.25) is 0 Å². The highest BCUT2D eigenvalue weighted by atomic mass is 32.2. The number of para-hydroxylation sites is 3. The van der Waals surface area contributed by atoms with E-state index in [9.17, 15) is 5.26 Å². The molecular weight excluding hydrogens is 615 g/mol. The molecule has 1 aliphatic heterocycles. The first-order valence-corrected chi connectivity index (χ1v) is 17.6. The topological polar surface area (TPSA) is 41.1 Å². The molecule has 0 saturated heterocycles. The molecule has 6 aromatic carbocycles. The van der Waals surface area contributed by atoms with Crippen molar-refractivity contribution in [3.8, 4) is 28.3 Å². The molecule has 11 rings (SSSR count). The Morgan fingerprint density at radius 3 is 2.29 bits per heavy atom. The molecule has 2 aromatic heterocycles. The monoisotopic (exact) mass is 641 g/mol. The van der Waals surface area contributed by atoms with Gasteiger partial charge in [0.1, 0.15) is 5.65 Å². The van der Waals surface area contributed by atoms with Crippen LogP contribution in [0, 0.1) is 17.2 Å². The van der Waals surface area contributed by atoms with Gasteiger partial charge in [0, 0.05) is 26.8 Å². The van der Waals surface area contributed by atoms with Crippen molar-refractivity contribution in [3.05, 3.63) is 174 Å². The molecule has 0 radical (unpaired) electrons. The highest BCUT2D eigenvalue weighted by Crippen LogP contribution is 2.64. The molecule has 49 heavy (non-hydrogen) atoms. The summed E-state index contributed by atoms with van der Waals surface area (Å²) in [6.07, 6.45) is 9.16. The van der Waals surface area contributed by atoms with Crippen LogP contribution < -0.4 is 0 Å². The molecule has 3 atom stereocenters. The first-order valence-electron chi connectivity index (χ1n) is 16.8. The SMILES string of the molecule is N#Cc1ccc2c(c1)C1(c3ccccc3SC3C=CC=CC31)c1cc(-c3ccc4c(c3)c3ccccc3n3c5ccccc5nc43)ccc1-2. The molecule has 2 aliphatic carbocycles. The molecule has 1 spiro atoms. The summed E-state index contributed by atoms with van der Waals surface area (Å²) < 4.78 is 2.31. The lowest BCUT2D eigenvalue weighted by molar-refractivity contribution is 0.449. The Bertz CT molecular complexity index is 2850. The highest BCUT2D eigenvalue weighted by molar-refractivity contribution is 8.00. The normalized spacial score (nSPS) is 20.1. The molecule has 8 aromatic rings. The van der Waals surface area contributed by atoms with Crippen molar-refractivity contribution in [2.75, 3.05) is 0 Å². The number of benzene rings is 6. The molecular formula is C45H27N3S. The Morgan fingerprint density at radius 2 is 1.37 bits per heavy atom. The van der Waals surface area contributed by atoms with Gasteiger partial charge in [-0.1, -0.05) is 97.1 Å². The Morgan fingerprint density at radius 1 is 0.633 bits per heavy atom. The first kappa shape index (κ1) is 27.1. The Balaban J connectivity index is 1.19. The van der Waals surface area contributed by atoms with Crippen LogP contribution in [0.4, 0.5) is 0 Å². The largest absolute Gasteiger partial charge is 0.292 e. The predicted octanol–water partition coefficient (Wildman–Crippen LogP) is 10.9. The number of hydrogen-bond donors (Lipinski definition) is 0. The zero-order valence-electron chi connectivity index (χ0n) is 26.3. The summed E-state index contributed by atoms with van der Waals surface area (Å²) in [6.45, 7) is 0. The lowest BCUT2D eigenvalue weighted by Crippen LogP contribution is -2.43. The molecule has 3 unspecified atom stereocenters. The van der Waals surface area contributed by atoms with E-state index in [1.54, 1.807) is 0 Å². The summed E-state index contributed by atoms with van der Waals surface area (Å²) in [7, 11) is 0. The number of hydrogen-bond acceptors (Lipinski definition) is 3. The molecule has 0 amide bonds. The van der Waals surface area contributed by atoms with Gasteiger partial charge >= 0.3 is 0 Å². The fourth-order valence-electron chi connectivity index (χ4n) is 9.05. The number of rotatable bonds is 1. The van der Waals surface area contributed by atoms with Crippen molar-refractivity contribution >= 4 is 50.1 Å². The van der Waals surface area contributed by atoms with Gasteiger partial charge in [-0.25, -0.2) is 4.98 Å². The van der Waals surface area contributed by atoms with E-state index in [1.165, 1.54) is 54.6 Å². The van der Waals surface area contributed by atoms with Gasteiger partial charge < -0.3 is 0 Å². The average Bonchev–Trinajstić information content (AvgIpc) is 3.69. The van der Waals surface area contributed by atoms with Crippen molar-refractivity contribution in [2.24, 2.45) is 5.92 Å². The van der Waals surface area contributed by atoms with Crippen LogP contribution in [0.25, 0.3) is 60.6 Å². The second kappa shape index (κ2) is 9.82. The van der Waals surface area contributed by atoms with Gasteiger partial charge in [0.25, 0.3) is 0 Å². The van der Waals surface area contributed by atoms with Gasteiger partial charge in [-0.05, 0) is 98.9 Å². The van der Waals surface area contributed by atoms with E-state index in [0.29, 0.717) is 5.56 Å². The number of aromatic nitrogens is 2. The smallest absolute Gasteiger partial charge is 0.146 e. The fraction of sp³-hybridized carbons (Fsp3) is 0.0667. The van der Waals surface area contributed by atoms with E-state index in [2.05, 4.69) is 156 Å². The molecule has 0 saturated carbocycles. The number of allylic oxidation sites excluding steroid dienone is 3. The number of fused-ring (bicyclic) bond motifs is 17. The van der Waals surface area contributed by atoms with Gasteiger partial charge in [-0.3, -0.25) is 4.40 Å². The number of thioether (sulfide) groups is 1. The van der Waals surface area contributed by atoms with E-state index in [1.807, 2.05) is 17.8 Å².